The van der Waals surface area contributed by atoms with Gasteiger partial charge < -0.3 is 76.5 Å². The van der Waals surface area contributed by atoms with Crippen molar-refractivity contribution < 1.29 is 76.5 Å². The summed E-state index contributed by atoms with van der Waals surface area (Å²) in [5.41, 5.74) is -2.45. The van der Waals surface area contributed by atoms with E-state index in [0.29, 0.717) is 39.3 Å². The SMILES string of the molecule is [B][C@@H]1O[C@](CC)(COC)[C@@H](O)[C@H]1OC.[B][C@@H]1O[C@](CC)(COC)[C@@H](OC)[C@H]1OC.[B][C@H]1O[C@@](CC)(COC)[C@H](O)[C@@H]1OC.[B][C@H]1O[C@@](CC)(COC)[C@H](OC)[C@@H]1OC. The summed E-state index contributed by atoms with van der Waals surface area (Å²) in [6, 6.07) is -2.11. The van der Waals surface area contributed by atoms with E-state index in [-0.39, 0.29) is 24.4 Å². The molecule has 4 heterocycles. The van der Waals surface area contributed by atoms with Crippen LogP contribution < -0.4 is 0 Å². The third-order valence-electron chi connectivity index (χ3n) is 11.7. The van der Waals surface area contributed by atoms with Gasteiger partial charge in [-0.1, -0.05) is 27.7 Å². The molecule has 0 aromatic rings. The molecule has 0 amide bonds. The molecule has 0 unspecified atom stereocenters. The zero-order valence-electron chi connectivity index (χ0n) is 37.5. The summed E-state index contributed by atoms with van der Waals surface area (Å²) in [7, 11) is 39.0. The number of aliphatic hydroxyl groups is 2. The van der Waals surface area contributed by atoms with E-state index < -0.39 is 70.8 Å². The molecule has 2 N–H and O–H groups in total. The zero-order valence-corrected chi connectivity index (χ0v) is 37.5. The van der Waals surface area contributed by atoms with Crippen molar-refractivity contribution in [2.24, 2.45) is 0 Å². The topological polar surface area (TPSA) is 170 Å². The normalized spacial score (nSPS) is 41.9. The Morgan fingerprint density at radius 1 is 0.379 bits per heavy atom. The molecule has 58 heavy (non-hydrogen) atoms. The van der Waals surface area contributed by atoms with Crippen LogP contribution >= 0.6 is 0 Å². The number of hydrogen-bond acceptors (Lipinski definition) is 16. The van der Waals surface area contributed by atoms with Crippen LogP contribution in [0.15, 0.2) is 0 Å². The number of ether oxygens (including phenoxy) is 14. The highest BCUT2D eigenvalue weighted by atomic mass is 16.6. The van der Waals surface area contributed by atoms with Gasteiger partial charge in [-0.2, -0.15) is 0 Å². The van der Waals surface area contributed by atoms with Crippen LogP contribution in [-0.2, 0) is 66.3 Å². The lowest BCUT2D eigenvalue weighted by Crippen LogP contribution is -2.48. The van der Waals surface area contributed by atoms with Gasteiger partial charge in [0.2, 0.25) is 0 Å². The monoisotopic (exact) mass is 829 g/mol. The van der Waals surface area contributed by atoms with Gasteiger partial charge in [-0.25, -0.2) is 0 Å². The molecule has 0 aromatic carbocycles. The minimum Gasteiger partial charge on any atom is -0.387 e. The molecule has 0 bridgehead atoms. The molecular weight excluding hydrogens is 756 g/mol. The third-order valence-corrected chi connectivity index (χ3v) is 11.7. The zero-order chi connectivity index (χ0) is 44.5. The Hall–Kier alpha value is -0.380. The van der Waals surface area contributed by atoms with Crippen LogP contribution in [0.1, 0.15) is 53.4 Å². The molecule has 4 fully saturated rings. The Morgan fingerprint density at radius 3 is 0.793 bits per heavy atom. The van der Waals surface area contributed by atoms with E-state index >= 15 is 0 Å². The Bertz CT molecular complexity index is 1030. The van der Waals surface area contributed by atoms with Gasteiger partial charge in [0.15, 0.2) is 0 Å². The summed E-state index contributed by atoms with van der Waals surface area (Å²) in [4.78, 5) is 0. The predicted octanol–water partition coefficient (Wildman–Crippen LogP) is 0.0374. The van der Waals surface area contributed by atoms with Crippen LogP contribution in [0.5, 0.6) is 0 Å². The average molecular weight is 828 g/mol. The molecule has 4 saturated heterocycles. The second kappa shape index (κ2) is 26.3. The van der Waals surface area contributed by atoms with Crippen LogP contribution in [0.3, 0.4) is 0 Å². The van der Waals surface area contributed by atoms with E-state index in [0.717, 1.165) is 12.8 Å². The van der Waals surface area contributed by atoms with Gasteiger partial charge >= 0.3 is 0 Å². The smallest absolute Gasteiger partial charge is 0.119 e. The molecule has 4 aliphatic heterocycles. The molecule has 20 heteroatoms. The van der Waals surface area contributed by atoms with Crippen LogP contribution in [0, 0.1) is 0 Å². The average Bonchev–Trinajstić information content (AvgIpc) is 3.83. The molecule has 4 rings (SSSR count). The standard InChI is InChI=1S/2C10H19BO4.2C9H17BO4/c2*1-5-10(6-12-2)8(14-4)7(13-3)9(11)15-10;2*1-4-9(5-12-2)7(11)6(13-3)8(10)14-9/h2*7-9H,5-6H2,1-4H3;2*6-8,11H,4-5H2,1-3H3/t2*7-,8+,9-,10-;2*6-,7+,8-,9-/m1010/s1. The minimum absolute atomic E-state index is 0.192. The van der Waals surface area contributed by atoms with Crippen LogP contribution in [0.25, 0.3) is 0 Å². The molecule has 0 aromatic heterocycles. The van der Waals surface area contributed by atoms with Gasteiger partial charge in [-0.05, 0) is 25.7 Å². The minimum atomic E-state index is -0.743. The van der Waals surface area contributed by atoms with Gasteiger partial charge in [0.1, 0.15) is 103 Å². The Balaban J connectivity index is 0.000000387. The molecule has 16 nitrogen and oxygen atoms in total. The fraction of sp³-hybridized carbons (Fsp3) is 1.00. The van der Waals surface area contributed by atoms with Gasteiger partial charge in [0.25, 0.3) is 0 Å². The van der Waals surface area contributed by atoms with Crippen molar-refractivity contribution in [3.63, 3.8) is 0 Å². The number of aliphatic hydroxyl groups excluding tert-OH is 2. The fourth-order valence-electron chi connectivity index (χ4n) is 8.28. The van der Waals surface area contributed by atoms with Crippen molar-refractivity contribution in [2.45, 2.75) is 149 Å². The third kappa shape index (κ3) is 12.4. The maximum Gasteiger partial charge on any atom is 0.119 e. The lowest BCUT2D eigenvalue weighted by atomic mass is 9.88. The first kappa shape index (κ1) is 55.6. The fourth-order valence-corrected chi connectivity index (χ4v) is 8.28. The molecule has 332 valence electrons. The summed E-state index contributed by atoms with van der Waals surface area (Å²) >= 11 is 0. The first-order valence-electron chi connectivity index (χ1n) is 19.7. The Labute approximate surface area is 353 Å². The van der Waals surface area contributed by atoms with Gasteiger partial charge in [0.05, 0.1) is 26.4 Å². The molecule has 0 aliphatic carbocycles. The van der Waals surface area contributed by atoms with Crippen LogP contribution in [0.2, 0.25) is 0 Å². The molecule has 4 aliphatic rings. The van der Waals surface area contributed by atoms with Gasteiger partial charge in [-0.3, -0.25) is 0 Å². The van der Waals surface area contributed by atoms with E-state index in [1.54, 1.807) is 56.9 Å². The highest BCUT2D eigenvalue weighted by Gasteiger charge is 2.55. The highest BCUT2D eigenvalue weighted by molar-refractivity contribution is 6.12. The summed E-state index contributed by atoms with van der Waals surface area (Å²) in [5.74, 6) is 0. The van der Waals surface area contributed by atoms with Crippen molar-refractivity contribution in [3.8, 4) is 0 Å². The summed E-state index contributed by atoms with van der Waals surface area (Å²) < 4.78 is 74.6. The van der Waals surface area contributed by atoms with E-state index in [1.807, 2.05) is 27.7 Å². The maximum atomic E-state index is 9.99. The number of rotatable bonds is 18. The van der Waals surface area contributed by atoms with E-state index in [9.17, 15) is 10.2 Å². The first-order chi connectivity index (χ1) is 27.5. The van der Waals surface area contributed by atoms with Gasteiger partial charge in [-0.15, -0.1) is 0 Å². The predicted molar refractivity (Wildman–Crippen MR) is 219 cm³/mol. The lowest BCUT2D eigenvalue weighted by molar-refractivity contribution is -0.122. The molecular formula is C38H72B4O16. The molecule has 0 saturated carbocycles. The number of hydrogen-bond donors (Lipinski definition) is 2. The largest absolute Gasteiger partial charge is 0.387 e. The van der Waals surface area contributed by atoms with Crippen LogP contribution in [-0.4, -0.2) is 234 Å². The number of methoxy groups -OCH3 is 10. The second-order valence-electron chi connectivity index (χ2n) is 14.7. The first-order valence-corrected chi connectivity index (χ1v) is 19.7. The van der Waals surface area contributed by atoms with Crippen molar-refractivity contribution in [1.82, 2.24) is 0 Å². The quantitative estimate of drug-likeness (QED) is 0.178. The van der Waals surface area contributed by atoms with Gasteiger partial charge in [0, 0.05) is 95.1 Å². The lowest BCUT2D eigenvalue weighted by Gasteiger charge is -2.32. The summed E-state index contributed by atoms with van der Waals surface area (Å²) in [6.07, 6.45) is -0.513. The molecule has 8 radical (unpaired) electrons. The summed E-state index contributed by atoms with van der Waals surface area (Å²) in [5, 5.41) is 20.0. The van der Waals surface area contributed by atoms with Crippen molar-refractivity contribution in [1.29, 1.82) is 0 Å². The van der Waals surface area contributed by atoms with Crippen molar-refractivity contribution in [3.05, 3.63) is 0 Å². The highest BCUT2D eigenvalue weighted by Crippen LogP contribution is 2.38. The van der Waals surface area contributed by atoms with E-state index in [4.69, 9.17) is 97.7 Å². The van der Waals surface area contributed by atoms with Crippen molar-refractivity contribution in [2.75, 3.05) is 97.5 Å². The van der Waals surface area contributed by atoms with E-state index in [2.05, 4.69) is 0 Å². The Morgan fingerprint density at radius 2 is 0.603 bits per heavy atom. The maximum absolute atomic E-state index is 9.99. The molecule has 0 spiro atoms. The van der Waals surface area contributed by atoms with E-state index in [1.165, 1.54) is 14.2 Å². The second-order valence-corrected chi connectivity index (χ2v) is 14.7. The Kier molecular flexibility index (Phi) is 25.2. The molecule has 16 atom stereocenters. The van der Waals surface area contributed by atoms with Crippen molar-refractivity contribution >= 4 is 31.4 Å². The summed E-state index contributed by atoms with van der Waals surface area (Å²) in [6.45, 7) is 9.44. The van der Waals surface area contributed by atoms with Crippen LogP contribution in [0.4, 0.5) is 0 Å².